The van der Waals surface area contributed by atoms with Gasteiger partial charge in [-0.2, -0.15) is 0 Å². The number of nitrogens with zero attached hydrogens (tertiary/aromatic N) is 4. The van der Waals surface area contributed by atoms with Crippen LogP contribution in [0.5, 0.6) is 0 Å². The molecule has 2 aliphatic heterocycles. The molecule has 4 aromatic heterocycles. The average molecular weight is 1050 g/mol. The summed E-state index contributed by atoms with van der Waals surface area (Å²) in [6, 6.07) is 79.4. The van der Waals surface area contributed by atoms with Gasteiger partial charge in [0.25, 0.3) is 0 Å². The van der Waals surface area contributed by atoms with Crippen molar-refractivity contribution >= 4 is 145 Å². The van der Waals surface area contributed by atoms with Gasteiger partial charge in [0.15, 0.2) is 0 Å². The van der Waals surface area contributed by atoms with Gasteiger partial charge >= 0.3 is 13.7 Å². The molecule has 0 amide bonds. The van der Waals surface area contributed by atoms with Crippen molar-refractivity contribution in [2.45, 2.75) is 53.4 Å². The number of hydrogen-bond acceptors (Lipinski definition) is 0. The maximum Gasteiger partial charge on any atom is 0.332 e. The van der Waals surface area contributed by atoms with E-state index in [2.05, 4.69) is 266 Å². The molecule has 4 atom stereocenters. The van der Waals surface area contributed by atoms with E-state index in [0.717, 1.165) is 0 Å². The normalized spacial score (nSPS) is 18.5. The zero-order chi connectivity index (χ0) is 54.3. The van der Waals surface area contributed by atoms with Crippen molar-refractivity contribution in [3.8, 4) is 5.69 Å². The van der Waals surface area contributed by atoms with Crippen LogP contribution >= 0.6 is 0 Å². The zero-order valence-corrected chi connectivity index (χ0v) is 46.9. The largest absolute Gasteiger partial charge is 0.376 e. The number of aromatic nitrogens is 4. The summed E-state index contributed by atoms with van der Waals surface area (Å²) in [7, 11) is 0. The molecule has 0 fully saturated rings. The second-order valence-electron chi connectivity index (χ2n) is 24.7. The van der Waals surface area contributed by atoms with Crippen LogP contribution in [0.15, 0.2) is 223 Å². The first-order valence-electron chi connectivity index (χ1n) is 29.8. The van der Waals surface area contributed by atoms with Crippen LogP contribution in [0, 0.1) is 25.7 Å². The van der Waals surface area contributed by atoms with Crippen LogP contribution in [-0.2, 0) is 0 Å². The monoisotopic (exact) mass is 1050 g/mol. The lowest BCUT2D eigenvalue weighted by Gasteiger charge is -2.48. The third-order valence-electron chi connectivity index (χ3n) is 21.0. The van der Waals surface area contributed by atoms with Crippen LogP contribution in [0.3, 0.4) is 0 Å². The lowest BCUT2D eigenvalue weighted by molar-refractivity contribution is 0.581. The first kappa shape index (κ1) is 45.5. The van der Waals surface area contributed by atoms with Gasteiger partial charge in [0.05, 0.1) is 22.1 Å². The van der Waals surface area contributed by atoms with Crippen LogP contribution in [0.2, 0.25) is 0 Å². The van der Waals surface area contributed by atoms with Gasteiger partial charge in [0, 0.05) is 94.3 Å². The Morgan fingerprint density at radius 1 is 0.341 bits per heavy atom. The molecule has 2 aliphatic carbocycles. The maximum atomic E-state index is 2.78. The predicted octanol–water partition coefficient (Wildman–Crippen LogP) is 17.0. The number of hydrogen-bond donors (Lipinski definition) is 0. The summed E-state index contributed by atoms with van der Waals surface area (Å²) >= 11 is 0. The van der Waals surface area contributed by atoms with E-state index in [1.807, 2.05) is 0 Å². The molecule has 386 valence electrons. The van der Waals surface area contributed by atoms with E-state index in [1.165, 1.54) is 164 Å². The lowest BCUT2D eigenvalue weighted by Crippen LogP contribution is -2.53. The first-order valence-corrected chi connectivity index (χ1v) is 29.8. The highest BCUT2D eigenvalue weighted by atomic mass is 15.0. The van der Waals surface area contributed by atoms with Gasteiger partial charge in [0.2, 0.25) is 0 Å². The molecule has 11 aromatic carbocycles. The van der Waals surface area contributed by atoms with Gasteiger partial charge in [0.1, 0.15) is 0 Å². The zero-order valence-electron chi connectivity index (χ0n) is 46.9. The number of rotatable bonds is 2. The number of para-hydroxylation sites is 6. The van der Waals surface area contributed by atoms with E-state index in [1.54, 1.807) is 11.1 Å². The molecule has 0 spiro atoms. The summed E-state index contributed by atoms with van der Waals surface area (Å²) in [5, 5.41) is 16.0. The summed E-state index contributed by atoms with van der Waals surface area (Å²) in [5.74, 6) is 0.464. The van der Waals surface area contributed by atoms with Gasteiger partial charge in [-0.15, -0.1) is 0 Å². The molecule has 15 aromatic rings. The highest BCUT2D eigenvalue weighted by Crippen LogP contribution is 2.59. The Labute approximate surface area is 476 Å². The Hall–Kier alpha value is -9.25. The fourth-order valence-corrected chi connectivity index (χ4v) is 18.0. The summed E-state index contributed by atoms with van der Waals surface area (Å²) in [5.41, 5.74) is 27.7. The average Bonchev–Trinajstić information content (AvgIpc) is 1.46. The standard InChI is InChI=1S/C76H56B2N4/c1-41-20-17-28-53-51-26-11-14-33-60(51)81(72(41)53)77-57-31-13-16-35-62(57)79-64-39-37-48-23-8-10-25-50(48)69(64)70-67-44(4)66-46(6)74-71(45(5)65(66)43(3)56(67)40-59(77)76(70)79)78(82-61-34-15-12-27-52(61)54-29-18-21-42(2)73(54)82)58-32-19-30-55-68-49-24-9-7-22-47(49)36-38-63(68)80(74)75(55)58/h7-40,43-46H,1-6H3. The minimum atomic E-state index is -0.0799. The summed E-state index contributed by atoms with van der Waals surface area (Å²) < 4.78 is 11.0. The van der Waals surface area contributed by atoms with Crippen molar-refractivity contribution in [1.29, 1.82) is 0 Å². The minimum absolute atomic E-state index is 0.0481. The number of allylic oxidation sites excluding steroid dienone is 4. The molecule has 0 N–H and O–H groups in total. The molecule has 0 saturated heterocycles. The molecule has 19 rings (SSSR count). The van der Waals surface area contributed by atoms with Crippen molar-refractivity contribution in [3.05, 3.63) is 245 Å². The third kappa shape index (κ3) is 5.35. The Bertz CT molecular complexity index is 5540. The summed E-state index contributed by atoms with van der Waals surface area (Å²) in [6.07, 6.45) is 0. The fraction of sp³-hybridized carbons (Fsp3) is 0.132. The predicted molar refractivity (Wildman–Crippen MR) is 350 cm³/mol. The molecule has 4 nitrogen and oxygen atoms in total. The highest BCUT2D eigenvalue weighted by molar-refractivity contribution is 6.88. The molecule has 6 heterocycles. The fourth-order valence-electron chi connectivity index (χ4n) is 18.0. The van der Waals surface area contributed by atoms with Gasteiger partial charge in [-0.1, -0.05) is 215 Å². The van der Waals surface area contributed by atoms with E-state index in [-0.39, 0.29) is 37.4 Å². The number of benzene rings is 11. The molecule has 4 unspecified atom stereocenters. The van der Waals surface area contributed by atoms with Gasteiger partial charge in [-0.3, -0.25) is 0 Å². The number of fused-ring (bicyclic) bond motifs is 21. The highest BCUT2D eigenvalue weighted by Gasteiger charge is 2.50. The van der Waals surface area contributed by atoms with E-state index in [0.29, 0.717) is 0 Å². The Balaban J connectivity index is 0.939. The van der Waals surface area contributed by atoms with Crippen molar-refractivity contribution in [2.24, 2.45) is 11.8 Å². The molecular formula is C76H56B2N4. The summed E-state index contributed by atoms with van der Waals surface area (Å²) in [4.78, 5) is 0. The number of aryl methyl sites for hydroxylation is 2. The van der Waals surface area contributed by atoms with Crippen LogP contribution in [0.25, 0.3) is 120 Å². The third-order valence-corrected chi connectivity index (χ3v) is 21.0. The van der Waals surface area contributed by atoms with Gasteiger partial charge < -0.3 is 18.1 Å². The van der Waals surface area contributed by atoms with Crippen LogP contribution in [0.1, 0.15) is 61.8 Å². The van der Waals surface area contributed by atoms with Crippen LogP contribution in [0.4, 0.5) is 0 Å². The smallest absolute Gasteiger partial charge is 0.332 e. The molecule has 0 saturated carbocycles. The topological polar surface area (TPSA) is 19.7 Å². The molecular weight excluding hydrogens is 990 g/mol. The Morgan fingerprint density at radius 2 is 0.866 bits per heavy atom. The first-order chi connectivity index (χ1) is 40.3. The second kappa shape index (κ2) is 15.8. The van der Waals surface area contributed by atoms with Crippen molar-refractivity contribution in [1.82, 2.24) is 18.1 Å². The van der Waals surface area contributed by atoms with Crippen LogP contribution < -0.4 is 16.4 Å². The lowest BCUT2D eigenvalue weighted by atomic mass is 9.41. The second-order valence-corrected chi connectivity index (χ2v) is 24.7. The van der Waals surface area contributed by atoms with Crippen LogP contribution in [-0.4, -0.2) is 31.8 Å². The minimum Gasteiger partial charge on any atom is -0.376 e. The van der Waals surface area contributed by atoms with Gasteiger partial charge in [-0.25, -0.2) is 0 Å². The quantitative estimate of drug-likeness (QED) is 0.121. The van der Waals surface area contributed by atoms with Gasteiger partial charge in [-0.05, 0) is 116 Å². The molecule has 6 heteroatoms. The van der Waals surface area contributed by atoms with Crippen molar-refractivity contribution in [3.63, 3.8) is 0 Å². The van der Waals surface area contributed by atoms with Crippen molar-refractivity contribution in [2.75, 3.05) is 0 Å². The molecule has 0 radical (unpaired) electrons. The van der Waals surface area contributed by atoms with E-state index >= 15 is 0 Å². The SMILES string of the molecule is Cc1cccc2c3ccccc3n(B3C4=C(C(C)C5=C(C4C)C(C)c4cc6c7c(c4C5C)c4c5ccccc5ccc4n7-c4ccccc4B6n4c5ccccc5c5cccc(C)c54)n4c5ccc6ccccc6c5c5cccc3c54)c12. The van der Waals surface area contributed by atoms with E-state index in [9.17, 15) is 0 Å². The maximum absolute atomic E-state index is 2.78. The van der Waals surface area contributed by atoms with E-state index < -0.39 is 0 Å². The Kier molecular flexibility index (Phi) is 8.76. The van der Waals surface area contributed by atoms with E-state index in [4.69, 9.17) is 0 Å². The molecule has 82 heavy (non-hydrogen) atoms. The molecule has 0 bridgehead atoms. The summed E-state index contributed by atoms with van der Waals surface area (Å²) in [6.45, 7) is 14.9. The Morgan fingerprint density at radius 3 is 1.55 bits per heavy atom. The molecule has 4 aliphatic rings. The van der Waals surface area contributed by atoms with Crippen molar-refractivity contribution < 1.29 is 0 Å².